The van der Waals surface area contributed by atoms with Crippen LogP contribution in [0, 0.1) is 0 Å². The molecule has 0 aliphatic heterocycles. The summed E-state index contributed by atoms with van der Waals surface area (Å²) < 4.78 is 9.72. The Balaban J connectivity index is 2.75. The Morgan fingerprint density at radius 1 is 1.17 bits per heavy atom. The average Bonchev–Trinajstić information content (AvgIpc) is 1.65. The minimum absolute atomic E-state index is 1.51. The van der Waals surface area contributed by atoms with E-state index in [-0.39, 0.29) is 0 Å². The fraction of sp³-hybridized carbons (Fsp3) is 1.00. The molecule has 0 aromatic rings. The Morgan fingerprint density at radius 2 is 1.50 bits per heavy atom. The van der Waals surface area contributed by atoms with Crippen molar-refractivity contribution in [2.45, 2.75) is 4.87 Å². The molecule has 0 N–H and O–H groups in total. The molecule has 0 aromatic carbocycles. The third kappa shape index (κ3) is 2.95. The zero-order valence-corrected chi connectivity index (χ0v) is 6.82. The fourth-order valence-corrected chi connectivity index (χ4v) is 0.500. The molecule has 0 spiro atoms. The van der Waals surface area contributed by atoms with Crippen molar-refractivity contribution in [3.63, 3.8) is 0 Å². The zero-order chi connectivity index (χ0) is 4.99. The van der Waals surface area contributed by atoms with Gasteiger partial charge in [-0.2, -0.15) is 0 Å². The van der Waals surface area contributed by atoms with Crippen molar-refractivity contribution < 1.29 is 6.03 Å². The molecule has 38 valence electrons. The Labute approximate surface area is 46.5 Å². The standard InChI is InChI=1S/2CH3O.CH3.Sb/c2*1-2;;/h2*1H3;1H3;/q2*-1;;+2. The van der Waals surface area contributed by atoms with E-state index in [1.165, 1.54) is 0 Å². The van der Waals surface area contributed by atoms with Crippen molar-refractivity contribution in [1.29, 1.82) is 0 Å². The van der Waals surface area contributed by atoms with Gasteiger partial charge in [0.05, 0.1) is 0 Å². The van der Waals surface area contributed by atoms with Crippen LogP contribution in [0.5, 0.6) is 0 Å². The zero-order valence-electron chi connectivity index (χ0n) is 4.26. The van der Waals surface area contributed by atoms with Crippen LogP contribution in [0.2, 0.25) is 4.87 Å². The molecule has 0 amide bonds. The van der Waals surface area contributed by atoms with E-state index in [4.69, 9.17) is 6.03 Å². The molecule has 2 nitrogen and oxygen atoms in total. The van der Waals surface area contributed by atoms with Crippen LogP contribution in [-0.4, -0.2) is 35.3 Å². The maximum atomic E-state index is 4.86. The Bertz CT molecular complexity index is 28.0. The first-order valence-corrected chi connectivity index (χ1v) is 6.27. The van der Waals surface area contributed by atoms with Gasteiger partial charge in [-0.1, -0.05) is 0 Å². The van der Waals surface area contributed by atoms with Crippen molar-refractivity contribution in [2.75, 3.05) is 14.2 Å². The molecule has 0 radical (unpaired) electrons. The predicted octanol–water partition coefficient (Wildman–Crippen LogP) is 0.397. The van der Waals surface area contributed by atoms with Gasteiger partial charge in [-0.15, -0.1) is 0 Å². The Kier molecular flexibility index (Phi) is 4.39. The van der Waals surface area contributed by atoms with Crippen LogP contribution in [-0.2, 0) is 6.03 Å². The Morgan fingerprint density at radius 3 is 1.50 bits per heavy atom. The number of rotatable bonds is 2. The van der Waals surface area contributed by atoms with E-state index < -0.39 is 21.1 Å². The average molecular weight is 199 g/mol. The SMILES string of the molecule is C[O][Sb]([CH3])[O]C. The molecule has 0 saturated carbocycles. The van der Waals surface area contributed by atoms with Gasteiger partial charge in [0.25, 0.3) is 0 Å². The second kappa shape index (κ2) is 3.91. The second-order valence-corrected chi connectivity index (χ2v) is 5.40. The van der Waals surface area contributed by atoms with Crippen LogP contribution in [0.1, 0.15) is 0 Å². The molecular weight excluding hydrogens is 190 g/mol. The van der Waals surface area contributed by atoms with Crippen LogP contribution >= 0.6 is 0 Å². The summed E-state index contributed by atoms with van der Waals surface area (Å²) in [6, 6.07) is 0. The van der Waals surface area contributed by atoms with Gasteiger partial charge in [0, 0.05) is 0 Å². The van der Waals surface area contributed by atoms with E-state index in [0.717, 1.165) is 0 Å². The summed E-state index contributed by atoms with van der Waals surface area (Å²) in [5.74, 6) is 0. The van der Waals surface area contributed by atoms with Gasteiger partial charge in [-0.25, -0.2) is 0 Å². The predicted molar refractivity (Wildman–Crippen MR) is 25.6 cm³/mol. The second-order valence-electron chi connectivity index (χ2n) is 0.805. The first-order chi connectivity index (χ1) is 2.81. The monoisotopic (exact) mass is 198 g/mol. The summed E-state index contributed by atoms with van der Waals surface area (Å²) in [7, 11) is 3.37. The summed E-state index contributed by atoms with van der Waals surface area (Å²) in [6.07, 6.45) is 0. The first kappa shape index (κ1) is 6.74. The van der Waals surface area contributed by atoms with Crippen molar-refractivity contribution in [1.82, 2.24) is 0 Å². The molecule has 0 saturated heterocycles. The van der Waals surface area contributed by atoms with Gasteiger partial charge in [0.2, 0.25) is 0 Å². The van der Waals surface area contributed by atoms with Crippen LogP contribution in [0.3, 0.4) is 0 Å². The molecule has 0 unspecified atom stereocenters. The molecule has 0 aromatic heterocycles. The van der Waals surface area contributed by atoms with Gasteiger partial charge >= 0.3 is 46.2 Å². The number of hydrogen-bond donors (Lipinski definition) is 0. The van der Waals surface area contributed by atoms with E-state index in [1.807, 2.05) is 4.87 Å². The quantitative estimate of drug-likeness (QED) is 0.599. The summed E-state index contributed by atoms with van der Waals surface area (Å²) in [6.45, 7) is 0. The Hall–Kier alpha value is 0.738. The molecule has 0 aliphatic rings. The van der Waals surface area contributed by atoms with Crippen molar-refractivity contribution >= 4 is 21.1 Å². The van der Waals surface area contributed by atoms with E-state index in [1.54, 1.807) is 14.2 Å². The van der Waals surface area contributed by atoms with Gasteiger partial charge in [0.15, 0.2) is 0 Å². The van der Waals surface area contributed by atoms with E-state index in [9.17, 15) is 0 Å². The molecule has 0 rings (SSSR count). The van der Waals surface area contributed by atoms with Crippen LogP contribution in [0.4, 0.5) is 0 Å². The van der Waals surface area contributed by atoms with E-state index >= 15 is 0 Å². The molecule has 0 aliphatic carbocycles. The summed E-state index contributed by atoms with van der Waals surface area (Å²) in [5.41, 5.74) is 0. The van der Waals surface area contributed by atoms with Gasteiger partial charge in [-0.3, -0.25) is 0 Å². The van der Waals surface area contributed by atoms with Crippen molar-refractivity contribution in [2.24, 2.45) is 0 Å². The molecule has 0 bridgehead atoms. The normalized spacial score (nSPS) is 10.0. The third-order valence-corrected chi connectivity index (χ3v) is 3.45. The summed E-state index contributed by atoms with van der Waals surface area (Å²) in [4.78, 5) is 2.02. The molecule has 0 fully saturated rings. The minimum atomic E-state index is -1.51. The van der Waals surface area contributed by atoms with E-state index in [2.05, 4.69) is 0 Å². The van der Waals surface area contributed by atoms with Crippen LogP contribution in [0.15, 0.2) is 0 Å². The summed E-state index contributed by atoms with van der Waals surface area (Å²) in [5, 5.41) is 0. The third-order valence-electron chi connectivity index (χ3n) is 0.514. The van der Waals surface area contributed by atoms with Gasteiger partial charge in [-0.05, 0) is 0 Å². The first-order valence-electron chi connectivity index (χ1n) is 1.63. The van der Waals surface area contributed by atoms with Gasteiger partial charge in [0.1, 0.15) is 0 Å². The number of hydrogen-bond acceptors (Lipinski definition) is 2. The fourth-order valence-electron chi connectivity index (χ4n) is 0.0745. The molecule has 6 heavy (non-hydrogen) atoms. The maximum absolute atomic E-state index is 4.86. The summed E-state index contributed by atoms with van der Waals surface area (Å²) >= 11 is -1.51. The molecule has 0 atom stereocenters. The van der Waals surface area contributed by atoms with Crippen LogP contribution in [0.25, 0.3) is 0 Å². The topological polar surface area (TPSA) is 18.5 Å². The van der Waals surface area contributed by atoms with Gasteiger partial charge < -0.3 is 0 Å². The van der Waals surface area contributed by atoms with Crippen molar-refractivity contribution in [3.05, 3.63) is 0 Å². The van der Waals surface area contributed by atoms with Crippen molar-refractivity contribution in [3.8, 4) is 0 Å². The molecule has 3 heteroatoms. The molecule has 0 heterocycles. The molecular formula is C3H9O2Sb. The van der Waals surface area contributed by atoms with E-state index in [0.29, 0.717) is 0 Å². The van der Waals surface area contributed by atoms with Crippen LogP contribution < -0.4 is 0 Å².